The summed E-state index contributed by atoms with van der Waals surface area (Å²) in [5, 5.41) is 9.96. The van der Waals surface area contributed by atoms with Crippen molar-refractivity contribution in [3.8, 4) is 6.07 Å². The molecular formula is C28H27NO2S. The van der Waals surface area contributed by atoms with Gasteiger partial charge in [-0.15, -0.1) is 11.3 Å². The Kier molecular flexibility index (Phi) is 11.5. The zero-order valence-corrected chi connectivity index (χ0v) is 18.1. The van der Waals surface area contributed by atoms with E-state index in [4.69, 9.17) is 5.26 Å². The summed E-state index contributed by atoms with van der Waals surface area (Å²) in [5.74, 6) is 0.375. The average molecular weight is 442 g/mol. The summed E-state index contributed by atoms with van der Waals surface area (Å²) in [6, 6.07) is 23.9. The predicted octanol–water partition coefficient (Wildman–Crippen LogP) is 8.36. The molecule has 162 valence electrons. The summed E-state index contributed by atoms with van der Waals surface area (Å²) in [7, 11) is 0. The molecule has 2 aromatic carbocycles. The molecule has 0 bridgehead atoms. The summed E-state index contributed by atoms with van der Waals surface area (Å²) >= 11 is 1.78. The van der Waals surface area contributed by atoms with Crippen molar-refractivity contribution >= 4 is 39.9 Å². The number of nitriles is 1. The summed E-state index contributed by atoms with van der Waals surface area (Å²) in [5.41, 5.74) is 2.83. The third kappa shape index (κ3) is 8.43. The lowest BCUT2D eigenvalue weighted by Gasteiger charge is -1.94. The third-order valence-corrected chi connectivity index (χ3v) is 5.17. The first-order valence-electron chi connectivity index (χ1n) is 9.50. The summed E-state index contributed by atoms with van der Waals surface area (Å²) in [6.07, 6.45) is 7.39. The van der Waals surface area contributed by atoms with Gasteiger partial charge in [-0.1, -0.05) is 80.8 Å². The number of allylic oxidation sites excluding steroid dienone is 2. The monoisotopic (exact) mass is 441 g/mol. The molecule has 4 aromatic rings. The predicted molar refractivity (Wildman–Crippen MR) is 138 cm³/mol. The van der Waals surface area contributed by atoms with E-state index in [-0.39, 0.29) is 7.43 Å². The molecule has 0 N–H and O–H groups in total. The first-order chi connectivity index (χ1) is 15.1. The van der Waals surface area contributed by atoms with Gasteiger partial charge in [0.05, 0.1) is 17.9 Å². The van der Waals surface area contributed by atoms with Gasteiger partial charge < -0.3 is 4.42 Å². The number of hydrogen-bond acceptors (Lipinski definition) is 4. The number of furan rings is 1. The fourth-order valence-electron chi connectivity index (χ4n) is 2.44. The van der Waals surface area contributed by atoms with Gasteiger partial charge in [0, 0.05) is 9.58 Å². The SMILES string of the molecule is C.C=C/C(C#N)=C/c1ccc(C)cc1.C=Cc1cc2ccccc2s1.O=Cc1ccco1. The molecule has 4 heteroatoms. The fraction of sp³-hybridized carbons (Fsp3) is 0.0714. The van der Waals surface area contributed by atoms with Gasteiger partial charge in [0.15, 0.2) is 12.0 Å². The largest absolute Gasteiger partial charge is 0.462 e. The zero-order valence-electron chi connectivity index (χ0n) is 17.3. The van der Waals surface area contributed by atoms with Gasteiger partial charge in [-0.3, -0.25) is 4.79 Å². The van der Waals surface area contributed by atoms with Gasteiger partial charge >= 0.3 is 0 Å². The highest BCUT2D eigenvalue weighted by Gasteiger charge is 1.95. The molecule has 0 amide bonds. The molecule has 0 atom stereocenters. The van der Waals surface area contributed by atoms with Crippen LogP contribution in [0.1, 0.15) is 34.0 Å². The van der Waals surface area contributed by atoms with Crippen LogP contribution in [0, 0.1) is 18.3 Å². The van der Waals surface area contributed by atoms with Gasteiger partial charge in [0.1, 0.15) is 0 Å². The van der Waals surface area contributed by atoms with Gasteiger partial charge in [-0.05, 0) is 48.2 Å². The number of benzene rings is 2. The minimum atomic E-state index is 0. The van der Waals surface area contributed by atoms with E-state index in [1.807, 2.05) is 43.3 Å². The van der Waals surface area contributed by atoms with Crippen molar-refractivity contribution < 1.29 is 9.21 Å². The first kappa shape index (κ1) is 26.1. The molecule has 0 saturated carbocycles. The topological polar surface area (TPSA) is 54.0 Å². The molecule has 0 unspecified atom stereocenters. The lowest BCUT2D eigenvalue weighted by Crippen LogP contribution is -1.76. The van der Waals surface area contributed by atoms with Crippen LogP contribution in [0.15, 0.2) is 102 Å². The van der Waals surface area contributed by atoms with Crippen molar-refractivity contribution in [1.29, 1.82) is 5.26 Å². The van der Waals surface area contributed by atoms with Crippen LogP contribution in [0.4, 0.5) is 0 Å². The number of thiophene rings is 1. The second-order valence-electron chi connectivity index (χ2n) is 6.35. The Morgan fingerprint density at radius 2 is 1.78 bits per heavy atom. The Morgan fingerprint density at radius 1 is 1.06 bits per heavy atom. The Balaban J connectivity index is 0.000000246. The summed E-state index contributed by atoms with van der Waals surface area (Å²) < 4.78 is 5.95. The van der Waals surface area contributed by atoms with Gasteiger partial charge in [-0.2, -0.15) is 5.26 Å². The number of aryl methyl sites for hydroxylation is 1. The maximum Gasteiger partial charge on any atom is 0.185 e. The number of nitrogens with zero attached hydrogens (tertiary/aromatic N) is 1. The van der Waals surface area contributed by atoms with Crippen LogP contribution in [-0.2, 0) is 0 Å². The molecule has 0 aliphatic heterocycles. The van der Waals surface area contributed by atoms with Gasteiger partial charge in [-0.25, -0.2) is 0 Å². The molecule has 32 heavy (non-hydrogen) atoms. The maximum atomic E-state index is 9.77. The van der Waals surface area contributed by atoms with Crippen molar-refractivity contribution in [3.05, 3.63) is 120 Å². The van der Waals surface area contributed by atoms with Gasteiger partial charge in [0.2, 0.25) is 0 Å². The Morgan fingerprint density at radius 3 is 2.28 bits per heavy atom. The number of hydrogen-bond donors (Lipinski definition) is 0. The van der Waals surface area contributed by atoms with Crippen molar-refractivity contribution in [3.63, 3.8) is 0 Å². The fourth-order valence-corrected chi connectivity index (χ4v) is 3.35. The second-order valence-corrected chi connectivity index (χ2v) is 7.47. The lowest BCUT2D eigenvalue weighted by molar-refractivity contribution is 0.110. The number of carbonyl (C=O) groups excluding carboxylic acids is 1. The minimum absolute atomic E-state index is 0. The molecule has 0 aliphatic carbocycles. The van der Waals surface area contributed by atoms with E-state index >= 15 is 0 Å². The molecule has 4 rings (SSSR count). The Bertz CT molecular complexity index is 1160. The van der Waals surface area contributed by atoms with E-state index in [1.165, 1.54) is 26.8 Å². The molecule has 0 fully saturated rings. The van der Waals surface area contributed by atoms with E-state index in [1.54, 1.807) is 29.5 Å². The Labute approximate surface area is 194 Å². The summed E-state index contributed by atoms with van der Waals surface area (Å²) in [6.45, 7) is 9.33. The van der Waals surface area contributed by atoms with Crippen LogP contribution in [0.5, 0.6) is 0 Å². The van der Waals surface area contributed by atoms with Crippen LogP contribution in [-0.4, -0.2) is 6.29 Å². The highest BCUT2D eigenvalue weighted by molar-refractivity contribution is 7.19. The standard InChI is InChI=1S/C12H11N.C10H8S.C5H4O2.CH4/c1-3-11(9-13)8-12-6-4-10(2)5-7-12;1-2-9-7-8-5-3-4-6-10(8)11-9;6-4-5-2-1-3-7-5;/h3-8H,1H2,2H3;2-7H,1H2;1-4H;1H4/b11-8-;;;. The van der Waals surface area contributed by atoms with E-state index in [0.717, 1.165) is 5.56 Å². The van der Waals surface area contributed by atoms with Crippen molar-refractivity contribution in [2.24, 2.45) is 0 Å². The molecule has 2 aromatic heterocycles. The third-order valence-electron chi connectivity index (χ3n) is 4.05. The second kappa shape index (κ2) is 14.1. The van der Waals surface area contributed by atoms with Crippen LogP contribution in [0.2, 0.25) is 0 Å². The molecule has 2 heterocycles. The lowest BCUT2D eigenvalue weighted by atomic mass is 10.1. The van der Waals surface area contributed by atoms with E-state index in [2.05, 4.69) is 54.0 Å². The zero-order chi connectivity index (χ0) is 22.5. The van der Waals surface area contributed by atoms with Crippen molar-refractivity contribution in [2.75, 3.05) is 0 Å². The average Bonchev–Trinajstić information content (AvgIpc) is 3.49. The number of fused-ring (bicyclic) bond motifs is 1. The normalized spacial score (nSPS) is 9.69. The van der Waals surface area contributed by atoms with Crippen LogP contribution >= 0.6 is 11.3 Å². The smallest absolute Gasteiger partial charge is 0.185 e. The van der Waals surface area contributed by atoms with Crippen molar-refractivity contribution in [2.45, 2.75) is 14.4 Å². The minimum Gasteiger partial charge on any atom is -0.462 e. The molecule has 0 saturated heterocycles. The van der Waals surface area contributed by atoms with Crippen LogP contribution in [0.3, 0.4) is 0 Å². The number of aldehydes is 1. The van der Waals surface area contributed by atoms with E-state index in [0.29, 0.717) is 17.6 Å². The first-order valence-corrected chi connectivity index (χ1v) is 10.3. The quantitative estimate of drug-likeness (QED) is 0.182. The molecule has 0 radical (unpaired) electrons. The number of carbonyl (C=O) groups is 1. The van der Waals surface area contributed by atoms with Crippen LogP contribution in [0.25, 0.3) is 22.2 Å². The molecule has 3 nitrogen and oxygen atoms in total. The Hall–Kier alpha value is -3.94. The van der Waals surface area contributed by atoms with Gasteiger partial charge in [0.25, 0.3) is 0 Å². The highest BCUT2D eigenvalue weighted by Crippen LogP contribution is 2.25. The molecule has 0 aliphatic rings. The van der Waals surface area contributed by atoms with E-state index < -0.39 is 0 Å². The summed E-state index contributed by atoms with van der Waals surface area (Å²) in [4.78, 5) is 11.0. The maximum absolute atomic E-state index is 9.77. The highest BCUT2D eigenvalue weighted by atomic mass is 32.1. The van der Waals surface area contributed by atoms with Crippen molar-refractivity contribution in [1.82, 2.24) is 0 Å². The van der Waals surface area contributed by atoms with Crippen LogP contribution < -0.4 is 0 Å². The number of rotatable bonds is 4. The van der Waals surface area contributed by atoms with E-state index in [9.17, 15) is 4.79 Å². The molecular weight excluding hydrogens is 414 g/mol. The molecule has 0 spiro atoms.